The van der Waals surface area contributed by atoms with Gasteiger partial charge in [0.1, 0.15) is 0 Å². The van der Waals surface area contributed by atoms with Crippen LogP contribution in [0.25, 0.3) is 0 Å². The average Bonchev–Trinajstić information content (AvgIpc) is 2.49. The molecule has 1 fully saturated rings. The number of hydrogen-bond donors (Lipinski definition) is 1. The molecule has 0 aliphatic carbocycles. The maximum absolute atomic E-state index is 12.0. The lowest BCUT2D eigenvalue weighted by molar-refractivity contribution is -0.385. The van der Waals surface area contributed by atoms with Gasteiger partial charge in [0.15, 0.2) is 0 Å². The van der Waals surface area contributed by atoms with Crippen LogP contribution in [-0.2, 0) is 16.0 Å². The number of amides is 2. The fraction of sp³-hybridized carbons (Fsp3) is 0.467. The molecule has 2 amide bonds. The Bertz CT molecular complexity index is 600. The summed E-state index contributed by atoms with van der Waals surface area (Å²) in [7, 11) is 0. The Morgan fingerprint density at radius 1 is 1.41 bits per heavy atom. The summed E-state index contributed by atoms with van der Waals surface area (Å²) in [5.41, 5.74) is 0.988. The minimum absolute atomic E-state index is 0.00523. The van der Waals surface area contributed by atoms with E-state index in [4.69, 9.17) is 0 Å². The number of likely N-dealkylation sites (tertiary alicyclic amines) is 1. The van der Waals surface area contributed by atoms with E-state index in [9.17, 15) is 19.7 Å². The van der Waals surface area contributed by atoms with E-state index in [1.807, 2.05) is 6.92 Å². The molecule has 1 aliphatic rings. The first-order valence-electron chi connectivity index (χ1n) is 7.36. The van der Waals surface area contributed by atoms with Crippen LogP contribution < -0.4 is 5.32 Å². The third-order valence-corrected chi connectivity index (χ3v) is 3.70. The lowest BCUT2D eigenvalue weighted by Crippen LogP contribution is -2.40. The Morgan fingerprint density at radius 2 is 2.18 bits per heavy atom. The molecule has 0 saturated carbocycles. The Balaban J connectivity index is 2.03. The van der Waals surface area contributed by atoms with Gasteiger partial charge in [0.25, 0.3) is 5.69 Å². The number of nitrogens with zero attached hydrogens (tertiary/aromatic N) is 2. The summed E-state index contributed by atoms with van der Waals surface area (Å²) in [6.45, 7) is 2.41. The van der Waals surface area contributed by atoms with Crippen LogP contribution in [0.15, 0.2) is 18.2 Å². The molecule has 0 radical (unpaired) electrons. The zero-order valence-electron chi connectivity index (χ0n) is 12.5. The van der Waals surface area contributed by atoms with Crippen molar-refractivity contribution in [1.82, 2.24) is 4.90 Å². The molecule has 7 nitrogen and oxygen atoms in total. The summed E-state index contributed by atoms with van der Waals surface area (Å²) < 4.78 is 0. The molecule has 0 bridgehead atoms. The normalized spacial score (nSPS) is 14.8. The van der Waals surface area contributed by atoms with E-state index >= 15 is 0 Å². The highest BCUT2D eigenvalue weighted by molar-refractivity contribution is 5.95. The van der Waals surface area contributed by atoms with Crippen LogP contribution in [-0.4, -0.2) is 34.7 Å². The maximum Gasteiger partial charge on any atom is 0.274 e. The summed E-state index contributed by atoms with van der Waals surface area (Å²) in [5.74, 6) is -0.359. The number of benzene rings is 1. The van der Waals surface area contributed by atoms with Crippen LogP contribution in [0.4, 0.5) is 11.4 Å². The zero-order chi connectivity index (χ0) is 16.1. The number of nitro groups is 1. The van der Waals surface area contributed by atoms with Crippen LogP contribution >= 0.6 is 0 Å². The molecule has 0 unspecified atom stereocenters. The van der Waals surface area contributed by atoms with E-state index in [1.54, 1.807) is 12.1 Å². The monoisotopic (exact) mass is 305 g/mol. The summed E-state index contributed by atoms with van der Waals surface area (Å²) in [6.07, 6.45) is 2.79. The Kier molecular flexibility index (Phi) is 5.08. The molecule has 0 atom stereocenters. The number of nitro benzene ring substituents is 1. The summed E-state index contributed by atoms with van der Waals surface area (Å²) in [4.78, 5) is 35.7. The van der Waals surface area contributed by atoms with E-state index in [-0.39, 0.29) is 24.0 Å². The van der Waals surface area contributed by atoms with Crippen LogP contribution in [0.5, 0.6) is 0 Å². The SMILES string of the molecule is CCc1ccc(NC(=O)CN2CCCCC2=O)cc1[N+](=O)[O-]. The molecule has 1 saturated heterocycles. The Labute approximate surface area is 128 Å². The highest BCUT2D eigenvalue weighted by Crippen LogP contribution is 2.23. The van der Waals surface area contributed by atoms with Gasteiger partial charge in [0.05, 0.1) is 11.5 Å². The molecule has 1 N–H and O–H groups in total. The second kappa shape index (κ2) is 7.02. The third kappa shape index (κ3) is 3.81. The molecule has 1 aliphatic heterocycles. The molecule has 1 aromatic rings. The van der Waals surface area contributed by atoms with Crippen molar-refractivity contribution in [3.63, 3.8) is 0 Å². The highest BCUT2D eigenvalue weighted by Gasteiger charge is 2.21. The lowest BCUT2D eigenvalue weighted by atomic mass is 10.1. The third-order valence-electron chi connectivity index (χ3n) is 3.70. The number of nitrogens with one attached hydrogen (secondary N) is 1. The van der Waals surface area contributed by atoms with Gasteiger partial charge in [0, 0.05) is 30.3 Å². The predicted molar refractivity (Wildman–Crippen MR) is 81.5 cm³/mol. The predicted octanol–water partition coefficient (Wildman–Crippen LogP) is 2.11. The summed E-state index contributed by atoms with van der Waals surface area (Å²) in [6, 6.07) is 4.64. The van der Waals surface area contributed by atoms with Crippen molar-refractivity contribution in [2.24, 2.45) is 0 Å². The second-order valence-corrected chi connectivity index (χ2v) is 5.27. The second-order valence-electron chi connectivity index (χ2n) is 5.27. The fourth-order valence-electron chi connectivity index (χ4n) is 2.51. The van der Waals surface area contributed by atoms with Gasteiger partial charge >= 0.3 is 0 Å². The van der Waals surface area contributed by atoms with Gasteiger partial charge in [-0.05, 0) is 25.3 Å². The standard InChI is InChI=1S/C15H19N3O4/c1-2-11-6-7-12(9-13(11)18(21)22)16-14(19)10-17-8-4-3-5-15(17)20/h6-7,9H,2-5,8,10H2,1H3,(H,16,19). The topological polar surface area (TPSA) is 92.6 Å². The van der Waals surface area contributed by atoms with Crippen molar-refractivity contribution >= 4 is 23.2 Å². The molecule has 1 aromatic carbocycles. The van der Waals surface area contributed by atoms with E-state index in [2.05, 4.69) is 5.32 Å². The van der Waals surface area contributed by atoms with Crippen LogP contribution in [0, 0.1) is 10.1 Å². The van der Waals surface area contributed by atoms with Crippen molar-refractivity contribution in [2.45, 2.75) is 32.6 Å². The van der Waals surface area contributed by atoms with Crippen molar-refractivity contribution in [1.29, 1.82) is 0 Å². The Morgan fingerprint density at radius 3 is 2.82 bits per heavy atom. The molecule has 0 aromatic heterocycles. The lowest BCUT2D eigenvalue weighted by Gasteiger charge is -2.25. The van der Waals surface area contributed by atoms with Crippen molar-refractivity contribution in [3.05, 3.63) is 33.9 Å². The number of aryl methyl sites for hydroxylation is 1. The number of rotatable bonds is 5. The quantitative estimate of drug-likeness (QED) is 0.666. The largest absolute Gasteiger partial charge is 0.333 e. The number of hydrogen-bond acceptors (Lipinski definition) is 4. The maximum atomic E-state index is 12.0. The highest BCUT2D eigenvalue weighted by atomic mass is 16.6. The van der Waals surface area contributed by atoms with Crippen molar-refractivity contribution in [2.75, 3.05) is 18.4 Å². The van der Waals surface area contributed by atoms with Gasteiger partial charge in [-0.25, -0.2) is 0 Å². The van der Waals surface area contributed by atoms with Gasteiger partial charge < -0.3 is 10.2 Å². The van der Waals surface area contributed by atoms with E-state index in [0.29, 0.717) is 30.6 Å². The van der Waals surface area contributed by atoms with Crippen LogP contribution in [0.3, 0.4) is 0 Å². The first-order valence-corrected chi connectivity index (χ1v) is 7.36. The van der Waals surface area contributed by atoms with Crippen molar-refractivity contribution in [3.8, 4) is 0 Å². The van der Waals surface area contributed by atoms with Gasteiger partial charge in [-0.1, -0.05) is 13.0 Å². The molecule has 1 heterocycles. The summed E-state index contributed by atoms with van der Waals surface area (Å²) in [5, 5.41) is 13.6. The van der Waals surface area contributed by atoms with Crippen LogP contribution in [0.1, 0.15) is 31.7 Å². The summed E-state index contributed by atoms with van der Waals surface area (Å²) >= 11 is 0. The minimum Gasteiger partial charge on any atom is -0.333 e. The number of anilines is 1. The average molecular weight is 305 g/mol. The molecular weight excluding hydrogens is 286 g/mol. The number of piperidine rings is 1. The van der Waals surface area contributed by atoms with Crippen LogP contribution in [0.2, 0.25) is 0 Å². The molecule has 22 heavy (non-hydrogen) atoms. The fourth-order valence-corrected chi connectivity index (χ4v) is 2.51. The number of carbonyl (C=O) groups is 2. The molecule has 2 rings (SSSR count). The van der Waals surface area contributed by atoms with Gasteiger partial charge in [-0.3, -0.25) is 19.7 Å². The van der Waals surface area contributed by atoms with Gasteiger partial charge in [0.2, 0.25) is 11.8 Å². The smallest absolute Gasteiger partial charge is 0.274 e. The van der Waals surface area contributed by atoms with Crippen molar-refractivity contribution < 1.29 is 14.5 Å². The van der Waals surface area contributed by atoms with E-state index in [1.165, 1.54) is 11.0 Å². The molecule has 7 heteroatoms. The molecular formula is C15H19N3O4. The first-order chi connectivity index (χ1) is 10.5. The van der Waals surface area contributed by atoms with Gasteiger partial charge in [-0.2, -0.15) is 0 Å². The number of carbonyl (C=O) groups excluding carboxylic acids is 2. The van der Waals surface area contributed by atoms with E-state index < -0.39 is 4.92 Å². The minimum atomic E-state index is -0.456. The zero-order valence-corrected chi connectivity index (χ0v) is 12.5. The molecule has 118 valence electrons. The van der Waals surface area contributed by atoms with E-state index in [0.717, 1.165) is 12.8 Å². The molecule has 0 spiro atoms. The van der Waals surface area contributed by atoms with Gasteiger partial charge in [-0.15, -0.1) is 0 Å². The Hall–Kier alpha value is -2.44. The first kappa shape index (κ1) is 15.9.